The van der Waals surface area contributed by atoms with Gasteiger partial charge in [0.1, 0.15) is 17.3 Å². The second kappa shape index (κ2) is 7.25. The third-order valence-corrected chi connectivity index (χ3v) is 4.09. The van der Waals surface area contributed by atoms with Gasteiger partial charge in [0, 0.05) is 29.0 Å². The number of nitrogens with zero attached hydrogens (tertiary/aromatic N) is 1. The van der Waals surface area contributed by atoms with E-state index in [1.54, 1.807) is 24.5 Å². The number of halogens is 1. The van der Waals surface area contributed by atoms with Crippen molar-refractivity contribution in [1.82, 2.24) is 4.98 Å². The lowest BCUT2D eigenvalue weighted by atomic mass is 10.1. The number of aromatic nitrogens is 1. The van der Waals surface area contributed by atoms with Gasteiger partial charge in [0.15, 0.2) is 0 Å². The Kier molecular flexibility index (Phi) is 4.49. The molecule has 0 bridgehead atoms. The lowest BCUT2D eigenvalue weighted by Crippen LogP contribution is -2.12. The average Bonchev–Trinajstić information content (AvgIpc) is 2.69. The third kappa shape index (κ3) is 3.77. The largest absolute Gasteiger partial charge is 0.457 e. The maximum Gasteiger partial charge on any atom is 0.255 e. The zero-order valence-electron chi connectivity index (χ0n) is 14.2. The minimum atomic E-state index is -0.376. The van der Waals surface area contributed by atoms with Crippen LogP contribution in [0.15, 0.2) is 85.2 Å². The van der Waals surface area contributed by atoms with Crippen molar-refractivity contribution in [3.05, 3.63) is 96.6 Å². The molecule has 0 unspecified atom stereocenters. The molecule has 0 fully saturated rings. The highest BCUT2D eigenvalue weighted by molar-refractivity contribution is 6.09. The highest BCUT2D eigenvalue weighted by Crippen LogP contribution is 2.29. The highest BCUT2D eigenvalue weighted by atomic mass is 19.1. The predicted octanol–water partition coefficient (Wildman–Crippen LogP) is 5.42. The maximum atomic E-state index is 13.0. The lowest BCUT2D eigenvalue weighted by Gasteiger charge is -2.11. The molecule has 0 spiro atoms. The molecule has 1 aromatic heterocycles. The van der Waals surface area contributed by atoms with Crippen LogP contribution in [0.5, 0.6) is 11.5 Å². The molecule has 0 saturated carbocycles. The molecule has 3 aromatic carbocycles. The fourth-order valence-electron chi connectivity index (χ4n) is 2.77. The van der Waals surface area contributed by atoms with Gasteiger partial charge in [-0.15, -0.1) is 0 Å². The van der Waals surface area contributed by atoms with Crippen molar-refractivity contribution in [1.29, 1.82) is 0 Å². The maximum absolute atomic E-state index is 13.0. The Morgan fingerprint density at radius 3 is 2.44 bits per heavy atom. The van der Waals surface area contributed by atoms with Gasteiger partial charge in [-0.25, -0.2) is 4.39 Å². The summed E-state index contributed by atoms with van der Waals surface area (Å²) >= 11 is 0. The zero-order chi connectivity index (χ0) is 18.6. The van der Waals surface area contributed by atoms with Crippen LogP contribution < -0.4 is 10.1 Å². The van der Waals surface area contributed by atoms with E-state index in [-0.39, 0.29) is 11.7 Å². The molecule has 4 nitrogen and oxygen atoms in total. The van der Waals surface area contributed by atoms with Crippen LogP contribution in [0.3, 0.4) is 0 Å². The van der Waals surface area contributed by atoms with Crippen molar-refractivity contribution in [3.63, 3.8) is 0 Å². The summed E-state index contributed by atoms with van der Waals surface area (Å²) in [4.78, 5) is 16.4. The van der Waals surface area contributed by atoms with E-state index >= 15 is 0 Å². The minimum absolute atomic E-state index is 0.292. The number of fused-ring (bicyclic) bond motifs is 1. The first kappa shape index (κ1) is 16.7. The summed E-state index contributed by atoms with van der Waals surface area (Å²) in [5, 5.41) is 4.69. The van der Waals surface area contributed by atoms with Crippen LogP contribution in [0, 0.1) is 5.82 Å². The summed E-state index contributed by atoms with van der Waals surface area (Å²) in [6.07, 6.45) is 3.33. The third-order valence-electron chi connectivity index (χ3n) is 4.09. The van der Waals surface area contributed by atoms with E-state index in [0.29, 0.717) is 22.7 Å². The molecule has 0 atom stereocenters. The molecule has 27 heavy (non-hydrogen) atoms. The van der Waals surface area contributed by atoms with Gasteiger partial charge < -0.3 is 10.1 Å². The minimum Gasteiger partial charge on any atom is -0.457 e. The van der Waals surface area contributed by atoms with E-state index in [4.69, 9.17) is 4.74 Å². The molecule has 0 aliphatic rings. The van der Waals surface area contributed by atoms with Crippen LogP contribution in [0.2, 0.25) is 0 Å². The fourth-order valence-corrected chi connectivity index (χ4v) is 2.77. The van der Waals surface area contributed by atoms with Crippen LogP contribution in [0.25, 0.3) is 10.8 Å². The quantitative estimate of drug-likeness (QED) is 0.530. The number of hydrogen-bond acceptors (Lipinski definition) is 3. The van der Waals surface area contributed by atoms with Gasteiger partial charge in [0.2, 0.25) is 0 Å². The number of rotatable bonds is 4. The molecule has 0 aliphatic carbocycles. The number of carbonyl (C=O) groups excluding carboxylic acids is 1. The normalized spacial score (nSPS) is 10.6. The Labute approximate surface area is 155 Å². The van der Waals surface area contributed by atoms with Crippen molar-refractivity contribution in [2.45, 2.75) is 0 Å². The van der Waals surface area contributed by atoms with Gasteiger partial charge in [-0.1, -0.05) is 12.1 Å². The van der Waals surface area contributed by atoms with Crippen molar-refractivity contribution in [3.8, 4) is 11.5 Å². The number of nitrogens with one attached hydrogen (secondary N) is 1. The molecule has 4 aromatic rings. The average molecular weight is 358 g/mol. The van der Waals surface area contributed by atoms with Crippen molar-refractivity contribution >= 4 is 22.4 Å². The van der Waals surface area contributed by atoms with Gasteiger partial charge in [-0.2, -0.15) is 0 Å². The van der Waals surface area contributed by atoms with Gasteiger partial charge >= 0.3 is 0 Å². The molecule has 0 saturated heterocycles. The van der Waals surface area contributed by atoms with Crippen molar-refractivity contribution < 1.29 is 13.9 Å². The molecule has 0 radical (unpaired) electrons. The second-order valence-electron chi connectivity index (χ2n) is 5.93. The van der Waals surface area contributed by atoms with Crippen molar-refractivity contribution in [2.75, 3.05) is 5.32 Å². The topological polar surface area (TPSA) is 51.2 Å². The Morgan fingerprint density at radius 1 is 0.889 bits per heavy atom. The summed E-state index contributed by atoms with van der Waals surface area (Å²) in [5.41, 5.74) is 1.07. The Bertz CT molecular complexity index is 1100. The zero-order valence-corrected chi connectivity index (χ0v) is 14.2. The number of anilines is 1. The highest BCUT2D eigenvalue weighted by Gasteiger charge is 2.09. The van der Waals surface area contributed by atoms with E-state index < -0.39 is 0 Å². The van der Waals surface area contributed by atoms with Gasteiger partial charge in [-0.05, 0) is 66.0 Å². The van der Waals surface area contributed by atoms with E-state index in [2.05, 4.69) is 10.3 Å². The Morgan fingerprint density at radius 2 is 1.67 bits per heavy atom. The first-order valence-electron chi connectivity index (χ1n) is 8.37. The molecule has 1 N–H and O–H groups in total. The number of pyridine rings is 1. The van der Waals surface area contributed by atoms with Crippen LogP contribution in [0.4, 0.5) is 10.1 Å². The van der Waals surface area contributed by atoms with Crippen LogP contribution >= 0.6 is 0 Å². The van der Waals surface area contributed by atoms with Crippen LogP contribution in [-0.4, -0.2) is 10.9 Å². The van der Waals surface area contributed by atoms with Gasteiger partial charge in [0.05, 0.1) is 0 Å². The molecule has 132 valence electrons. The monoisotopic (exact) mass is 358 g/mol. The van der Waals surface area contributed by atoms with Gasteiger partial charge in [-0.3, -0.25) is 9.78 Å². The summed E-state index contributed by atoms with van der Waals surface area (Å²) in [6, 6.07) is 20.3. The second-order valence-corrected chi connectivity index (χ2v) is 5.93. The van der Waals surface area contributed by atoms with Crippen LogP contribution in [-0.2, 0) is 0 Å². The summed E-state index contributed by atoms with van der Waals surface area (Å²) in [5.74, 6) is 0.721. The molecule has 5 heteroatoms. The number of benzene rings is 3. The smallest absolute Gasteiger partial charge is 0.255 e. The molecular weight excluding hydrogens is 343 g/mol. The standard InChI is InChI=1S/C22H15FN2O2/c23-17-6-4-15(5-7-17)22(26)25-21-3-1-2-16-14-19(8-9-20(16)21)27-18-10-12-24-13-11-18/h1-14H,(H,25,26). The van der Waals surface area contributed by atoms with Crippen LogP contribution in [0.1, 0.15) is 10.4 Å². The summed E-state index contributed by atoms with van der Waals surface area (Å²) < 4.78 is 18.9. The van der Waals surface area contributed by atoms with Gasteiger partial charge in [0.25, 0.3) is 5.91 Å². The molecule has 4 rings (SSSR count). The first-order valence-corrected chi connectivity index (χ1v) is 8.37. The van der Waals surface area contributed by atoms with E-state index in [1.807, 2.05) is 36.4 Å². The molecule has 1 heterocycles. The number of ether oxygens (including phenoxy) is 1. The number of hydrogen-bond donors (Lipinski definition) is 1. The number of amides is 1. The molecule has 0 aliphatic heterocycles. The fraction of sp³-hybridized carbons (Fsp3) is 0. The SMILES string of the molecule is O=C(Nc1cccc2cc(Oc3ccncc3)ccc12)c1ccc(F)cc1. The molecular formula is C22H15FN2O2. The van der Waals surface area contributed by atoms with Crippen molar-refractivity contribution in [2.24, 2.45) is 0 Å². The molecule has 1 amide bonds. The summed E-state index contributed by atoms with van der Waals surface area (Å²) in [6.45, 7) is 0. The van der Waals surface area contributed by atoms with E-state index in [1.165, 1.54) is 24.3 Å². The Hall–Kier alpha value is -3.73. The van der Waals surface area contributed by atoms with E-state index in [9.17, 15) is 9.18 Å². The number of carbonyl (C=O) groups is 1. The first-order chi connectivity index (χ1) is 13.2. The Balaban J connectivity index is 1.60. The predicted molar refractivity (Wildman–Crippen MR) is 103 cm³/mol. The van der Waals surface area contributed by atoms with E-state index in [0.717, 1.165) is 10.8 Å². The lowest BCUT2D eigenvalue weighted by molar-refractivity contribution is 0.102. The summed E-state index contributed by atoms with van der Waals surface area (Å²) in [7, 11) is 0.